The topological polar surface area (TPSA) is 64.3 Å². The van der Waals surface area contributed by atoms with E-state index in [0.29, 0.717) is 6.54 Å². The standard InChI is InChI=1S/C14H20N2O2/c1-18-13-6-2-10(3-7-13)9-16-14(17)11-4-5-12(15)8-11/h2-3,6-7,11-12H,4-5,8-9,15H2,1H3,(H,16,17). The van der Waals surface area contributed by atoms with Crippen LogP contribution in [0.15, 0.2) is 24.3 Å². The van der Waals surface area contributed by atoms with Crippen molar-refractivity contribution in [3.8, 4) is 5.75 Å². The summed E-state index contributed by atoms with van der Waals surface area (Å²) in [7, 11) is 1.64. The first-order valence-electron chi connectivity index (χ1n) is 6.35. The third-order valence-electron chi connectivity index (χ3n) is 3.47. The lowest BCUT2D eigenvalue weighted by molar-refractivity contribution is -0.125. The first-order valence-corrected chi connectivity index (χ1v) is 6.35. The highest BCUT2D eigenvalue weighted by Crippen LogP contribution is 2.24. The van der Waals surface area contributed by atoms with Gasteiger partial charge in [-0.05, 0) is 37.0 Å². The molecule has 1 aliphatic carbocycles. The molecule has 0 aliphatic heterocycles. The summed E-state index contributed by atoms with van der Waals surface area (Å²) in [6.45, 7) is 0.564. The Labute approximate surface area is 108 Å². The molecule has 1 aromatic carbocycles. The normalized spacial score (nSPS) is 22.8. The van der Waals surface area contributed by atoms with Crippen molar-refractivity contribution in [1.29, 1.82) is 0 Å². The highest BCUT2D eigenvalue weighted by Gasteiger charge is 2.27. The van der Waals surface area contributed by atoms with Crippen molar-refractivity contribution in [2.75, 3.05) is 7.11 Å². The zero-order valence-corrected chi connectivity index (χ0v) is 10.7. The number of rotatable bonds is 4. The maximum atomic E-state index is 11.9. The lowest BCUT2D eigenvalue weighted by atomic mass is 10.1. The molecule has 1 amide bonds. The van der Waals surface area contributed by atoms with Gasteiger partial charge in [-0.3, -0.25) is 4.79 Å². The average molecular weight is 248 g/mol. The molecular weight excluding hydrogens is 228 g/mol. The maximum Gasteiger partial charge on any atom is 0.223 e. The van der Waals surface area contributed by atoms with Gasteiger partial charge in [0.2, 0.25) is 5.91 Å². The van der Waals surface area contributed by atoms with E-state index in [1.165, 1.54) is 0 Å². The molecule has 2 unspecified atom stereocenters. The van der Waals surface area contributed by atoms with Gasteiger partial charge in [-0.1, -0.05) is 12.1 Å². The van der Waals surface area contributed by atoms with Crippen LogP contribution >= 0.6 is 0 Å². The van der Waals surface area contributed by atoms with Crippen molar-refractivity contribution in [1.82, 2.24) is 5.32 Å². The summed E-state index contributed by atoms with van der Waals surface area (Å²) in [6.07, 6.45) is 2.69. The van der Waals surface area contributed by atoms with Crippen LogP contribution in [0.4, 0.5) is 0 Å². The fourth-order valence-corrected chi connectivity index (χ4v) is 2.33. The summed E-state index contributed by atoms with van der Waals surface area (Å²) >= 11 is 0. The van der Waals surface area contributed by atoms with Crippen LogP contribution in [0.3, 0.4) is 0 Å². The Morgan fingerprint density at radius 2 is 2.11 bits per heavy atom. The van der Waals surface area contributed by atoms with Crippen LogP contribution < -0.4 is 15.8 Å². The quantitative estimate of drug-likeness (QED) is 0.847. The highest BCUT2D eigenvalue weighted by atomic mass is 16.5. The van der Waals surface area contributed by atoms with Gasteiger partial charge in [0.15, 0.2) is 0 Å². The van der Waals surface area contributed by atoms with E-state index in [9.17, 15) is 4.79 Å². The van der Waals surface area contributed by atoms with E-state index in [-0.39, 0.29) is 17.9 Å². The second-order valence-electron chi connectivity index (χ2n) is 4.84. The largest absolute Gasteiger partial charge is 0.497 e. The highest BCUT2D eigenvalue weighted by molar-refractivity contribution is 5.79. The SMILES string of the molecule is COc1ccc(CNC(=O)C2CCC(N)C2)cc1. The van der Waals surface area contributed by atoms with Crippen LogP contribution in [0.2, 0.25) is 0 Å². The van der Waals surface area contributed by atoms with Gasteiger partial charge in [-0.25, -0.2) is 0 Å². The van der Waals surface area contributed by atoms with Gasteiger partial charge < -0.3 is 15.8 Å². The third kappa shape index (κ3) is 3.23. The number of amides is 1. The molecule has 1 aromatic rings. The predicted octanol–water partition coefficient (Wildman–Crippen LogP) is 1.44. The molecule has 0 spiro atoms. The minimum absolute atomic E-state index is 0.0956. The smallest absolute Gasteiger partial charge is 0.223 e. The number of nitrogens with one attached hydrogen (secondary N) is 1. The molecule has 0 aromatic heterocycles. The van der Waals surface area contributed by atoms with E-state index < -0.39 is 0 Å². The number of benzene rings is 1. The summed E-state index contributed by atoms with van der Waals surface area (Å²) in [6, 6.07) is 7.90. The molecule has 1 saturated carbocycles. The molecule has 18 heavy (non-hydrogen) atoms. The van der Waals surface area contributed by atoms with Crippen LogP contribution in [-0.2, 0) is 11.3 Å². The number of ether oxygens (including phenoxy) is 1. The molecule has 1 aliphatic rings. The van der Waals surface area contributed by atoms with Gasteiger partial charge in [-0.15, -0.1) is 0 Å². The van der Waals surface area contributed by atoms with Gasteiger partial charge >= 0.3 is 0 Å². The molecule has 4 nitrogen and oxygen atoms in total. The zero-order chi connectivity index (χ0) is 13.0. The van der Waals surface area contributed by atoms with Crippen molar-refractivity contribution >= 4 is 5.91 Å². The molecule has 0 radical (unpaired) electrons. The Morgan fingerprint density at radius 3 is 2.67 bits per heavy atom. The number of carbonyl (C=O) groups is 1. The minimum atomic E-state index is 0.0956. The summed E-state index contributed by atoms with van der Waals surface area (Å²) in [5.41, 5.74) is 6.88. The molecular formula is C14H20N2O2. The second-order valence-corrected chi connectivity index (χ2v) is 4.84. The van der Waals surface area contributed by atoms with Crippen LogP contribution in [0, 0.1) is 5.92 Å². The maximum absolute atomic E-state index is 11.9. The molecule has 0 bridgehead atoms. The van der Waals surface area contributed by atoms with Crippen molar-refractivity contribution in [2.45, 2.75) is 31.8 Å². The van der Waals surface area contributed by atoms with Crippen molar-refractivity contribution in [3.63, 3.8) is 0 Å². The van der Waals surface area contributed by atoms with Crippen LogP contribution in [-0.4, -0.2) is 19.1 Å². The summed E-state index contributed by atoms with van der Waals surface area (Å²) in [4.78, 5) is 11.9. The monoisotopic (exact) mass is 248 g/mol. The van der Waals surface area contributed by atoms with E-state index in [0.717, 1.165) is 30.6 Å². The minimum Gasteiger partial charge on any atom is -0.497 e. The van der Waals surface area contributed by atoms with Crippen molar-refractivity contribution in [3.05, 3.63) is 29.8 Å². The van der Waals surface area contributed by atoms with E-state index in [1.807, 2.05) is 24.3 Å². The number of nitrogens with two attached hydrogens (primary N) is 1. The summed E-state index contributed by atoms with van der Waals surface area (Å²) < 4.78 is 5.09. The third-order valence-corrected chi connectivity index (χ3v) is 3.47. The number of methoxy groups -OCH3 is 1. The van der Waals surface area contributed by atoms with E-state index in [1.54, 1.807) is 7.11 Å². The first kappa shape index (κ1) is 12.9. The lowest BCUT2D eigenvalue weighted by Gasteiger charge is -2.11. The molecule has 0 heterocycles. The summed E-state index contributed by atoms with van der Waals surface area (Å²) in [5, 5.41) is 2.96. The Kier molecular flexibility index (Phi) is 4.20. The average Bonchev–Trinajstić information content (AvgIpc) is 2.83. The van der Waals surface area contributed by atoms with Crippen LogP contribution in [0.5, 0.6) is 5.75 Å². The lowest BCUT2D eigenvalue weighted by Crippen LogP contribution is -2.29. The fraction of sp³-hybridized carbons (Fsp3) is 0.500. The Balaban J connectivity index is 1.81. The molecule has 3 N–H and O–H groups in total. The van der Waals surface area contributed by atoms with E-state index in [2.05, 4.69) is 5.32 Å². The van der Waals surface area contributed by atoms with Crippen molar-refractivity contribution < 1.29 is 9.53 Å². The molecule has 2 rings (SSSR count). The Morgan fingerprint density at radius 1 is 1.39 bits per heavy atom. The number of hydrogen-bond donors (Lipinski definition) is 2. The molecule has 2 atom stereocenters. The van der Waals surface area contributed by atoms with Crippen molar-refractivity contribution in [2.24, 2.45) is 11.7 Å². The predicted molar refractivity (Wildman–Crippen MR) is 70.2 cm³/mol. The fourth-order valence-electron chi connectivity index (χ4n) is 2.33. The number of hydrogen-bond acceptors (Lipinski definition) is 3. The number of carbonyl (C=O) groups excluding carboxylic acids is 1. The van der Waals surface area contributed by atoms with Crippen LogP contribution in [0.1, 0.15) is 24.8 Å². The summed E-state index contributed by atoms with van der Waals surface area (Å²) in [5.74, 6) is 1.05. The van der Waals surface area contributed by atoms with Crippen LogP contribution in [0.25, 0.3) is 0 Å². The van der Waals surface area contributed by atoms with Gasteiger partial charge in [0.05, 0.1) is 7.11 Å². The molecule has 1 fully saturated rings. The Hall–Kier alpha value is -1.55. The zero-order valence-electron chi connectivity index (χ0n) is 10.7. The molecule has 98 valence electrons. The van der Waals surface area contributed by atoms with Gasteiger partial charge in [0.25, 0.3) is 0 Å². The van der Waals surface area contributed by atoms with Gasteiger partial charge in [0.1, 0.15) is 5.75 Å². The van der Waals surface area contributed by atoms with E-state index >= 15 is 0 Å². The van der Waals surface area contributed by atoms with Gasteiger partial charge in [-0.2, -0.15) is 0 Å². The first-order chi connectivity index (χ1) is 8.69. The molecule has 4 heteroatoms. The second kappa shape index (κ2) is 5.87. The Bertz CT molecular complexity index is 403. The van der Waals surface area contributed by atoms with Gasteiger partial charge in [0, 0.05) is 18.5 Å². The molecule has 0 saturated heterocycles. The van der Waals surface area contributed by atoms with E-state index in [4.69, 9.17) is 10.5 Å².